The van der Waals surface area contributed by atoms with Gasteiger partial charge in [0.25, 0.3) is 0 Å². The maximum atomic E-state index is 12.7. The van der Waals surface area contributed by atoms with Gasteiger partial charge in [0.2, 0.25) is 0 Å². The van der Waals surface area contributed by atoms with Crippen LogP contribution in [0.1, 0.15) is 59.8 Å². The second-order valence-electron chi connectivity index (χ2n) is 9.04. The molecule has 0 amide bonds. The average molecular weight is 379 g/mol. The molecule has 0 bridgehead atoms. The predicted molar refractivity (Wildman–Crippen MR) is 104 cm³/mol. The summed E-state index contributed by atoms with van der Waals surface area (Å²) in [4.78, 5) is 24.1. The number of carbonyl (C=O) groups is 2. The normalized spacial score (nSPS) is 37.1. The monoisotopic (exact) mass is 378 g/mol. The summed E-state index contributed by atoms with van der Waals surface area (Å²) in [5.41, 5.74) is 1.09. The van der Waals surface area contributed by atoms with Crippen molar-refractivity contribution in [1.82, 2.24) is 0 Å². The second-order valence-corrected chi connectivity index (χ2v) is 9.04. The molecule has 0 heterocycles. The maximum absolute atomic E-state index is 12.7. The fraction of sp³-hybridized carbons (Fsp3) is 0.727. The fourth-order valence-corrected chi connectivity index (χ4v) is 5.49. The topological polar surface area (TPSA) is 83.8 Å². The minimum absolute atomic E-state index is 0.00851. The number of ether oxygens (including phenoxy) is 1. The molecule has 0 saturated heterocycles. The Bertz CT molecular complexity index is 637. The van der Waals surface area contributed by atoms with Gasteiger partial charge in [-0.25, -0.2) is 0 Å². The number of hydrogen-bond donors (Lipinski definition) is 2. The molecule has 0 aromatic heterocycles. The van der Waals surface area contributed by atoms with Gasteiger partial charge in [0.05, 0.1) is 19.3 Å². The molecule has 0 aromatic rings. The molecule has 2 aliphatic rings. The van der Waals surface area contributed by atoms with E-state index >= 15 is 0 Å². The summed E-state index contributed by atoms with van der Waals surface area (Å²) >= 11 is 0. The standard InChI is InChI=1S/C22H34O5/c1-14(8-9-23)6-7-18-15(2)19(26)10-20-21(4,13-27-16(3)24)11-17(25)12-22(18,20)5/h8,18-20,23,26H,2,6-7,9-13H2,1,3-5H3/b14-8-/t18?,19-,20?,21-,22-/m1/s1. The van der Waals surface area contributed by atoms with Crippen molar-refractivity contribution in [3.8, 4) is 0 Å². The largest absolute Gasteiger partial charge is 0.465 e. The number of esters is 1. The highest BCUT2D eigenvalue weighted by molar-refractivity contribution is 5.81. The first-order chi connectivity index (χ1) is 12.5. The zero-order valence-electron chi connectivity index (χ0n) is 17.1. The number of rotatable bonds is 6. The van der Waals surface area contributed by atoms with Crippen LogP contribution in [0.2, 0.25) is 0 Å². The number of ketones is 1. The van der Waals surface area contributed by atoms with Crippen molar-refractivity contribution in [1.29, 1.82) is 0 Å². The molecule has 5 nitrogen and oxygen atoms in total. The lowest BCUT2D eigenvalue weighted by molar-refractivity contribution is -0.162. The molecule has 0 aliphatic heterocycles. The van der Waals surface area contributed by atoms with Gasteiger partial charge >= 0.3 is 5.97 Å². The van der Waals surface area contributed by atoms with Crippen molar-refractivity contribution >= 4 is 11.8 Å². The van der Waals surface area contributed by atoms with Crippen LogP contribution in [0.25, 0.3) is 0 Å². The van der Waals surface area contributed by atoms with Gasteiger partial charge in [-0.3, -0.25) is 9.59 Å². The first-order valence-electron chi connectivity index (χ1n) is 9.82. The van der Waals surface area contributed by atoms with E-state index in [1.165, 1.54) is 6.92 Å². The van der Waals surface area contributed by atoms with Gasteiger partial charge in [0, 0.05) is 25.2 Å². The predicted octanol–water partition coefficient (Wildman–Crippen LogP) is 3.20. The number of fused-ring (bicyclic) bond motifs is 1. The number of aliphatic hydroxyl groups excluding tert-OH is 2. The Balaban J connectivity index is 2.35. The van der Waals surface area contributed by atoms with E-state index in [0.29, 0.717) is 19.3 Å². The first kappa shape index (κ1) is 21.8. The SMILES string of the molecule is C=C1C(CC/C(C)=C\CO)[C@@]2(C)CC(=O)C[C@](C)(COC(C)=O)C2C[C@H]1O. The molecular weight excluding hydrogens is 344 g/mol. The van der Waals surface area contributed by atoms with E-state index in [-0.39, 0.29) is 42.2 Å². The Morgan fingerprint density at radius 1 is 1.33 bits per heavy atom. The molecule has 2 fully saturated rings. The van der Waals surface area contributed by atoms with Crippen molar-refractivity contribution in [2.45, 2.75) is 65.9 Å². The summed E-state index contributed by atoms with van der Waals surface area (Å²) in [5, 5.41) is 19.8. The molecule has 0 aromatic carbocycles. The van der Waals surface area contributed by atoms with E-state index < -0.39 is 11.5 Å². The van der Waals surface area contributed by atoms with Gasteiger partial charge < -0.3 is 14.9 Å². The van der Waals surface area contributed by atoms with E-state index in [0.717, 1.165) is 24.0 Å². The zero-order valence-corrected chi connectivity index (χ0v) is 17.1. The fourth-order valence-electron chi connectivity index (χ4n) is 5.49. The van der Waals surface area contributed by atoms with E-state index in [4.69, 9.17) is 9.84 Å². The average Bonchev–Trinajstić information content (AvgIpc) is 2.55. The van der Waals surface area contributed by atoms with Gasteiger partial charge in [-0.1, -0.05) is 32.1 Å². The molecule has 27 heavy (non-hydrogen) atoms. The van der Waals surface area contributed by atoms with Crippen LogP contribution in [0.5, 0.6) is 0 Å². The zero-order chi connectivity index (χ0) is 20.4. The van der Waals surface area contributed by atoms with Gasteiger partial charge in [0.1, 0.15) is 5.78 Å². The molecule has 0 spiro atoms. The lowest BCUT2D eigenvalue weighted by Gasteiger charge is -2.58. The molecule has 0 radical (unpaired) electrons. The molecule has 5 atom stereocenters. The highest BCUT2D eigenvalue weighted by Gasteiger charge is 2.58. The molecular formula is C22H34O5. The summed E-state index contributed by atoms with van der Waals surface area (Å²) in [6.45, 7) is 11.9. The molecule has 2 N–H and O–H groups in total. The summed E-state index contributed by atoms with van der Waals surface area (Å²) in [5.74, 6) is -0.0953. The quantitative estimate of drug-likeness (QED) is 0.548. The second kappa shape index (κ2) is 8.27. The van der Waals surface area contributed by atoms with Gasteiger partial charge in [-0.2, -0.15) is 0 Å². The summed E-state index contributed by atoms with van der Waals surface area (Å²) in [7, 11) is 0. The van der Waals surface area contributed by atoms with Crippen LogP contribution in [0.4, 0.5) is 0 Å². The number of allylic oxidation sites excluding steroid dienone is 1. The maximum Gasteiger partial charge on any atom is 0.302 e. The van der Waals surface area contributed by atoms with Crippen LogP contribution in [-0.2, 0) is 14.3 Å². The van der Waals surface area contributed by atoms with Crippen LogP contribution in [0, 0.1) is 22.7 Å². The molecule has 2 unspecified atom stereocenters. The summed E-state index contributed by atoms with van der Waals surface area (Å²) in [6, 6.07) is 0. The van der Waals surface area contributed by atoms with Crippen LogP contribution < -0.4 is 0 Å². The van der Waals surface area contributed by atoms with Gasteiger partial charge in [0.15, 0.2) is 0 Å². The van der Waals surface area contributed by atoms with Crippen molar-refractivity contribution < 1.29 is 24.5 Å². The van der Waals surface area contributed by atoms with Gasteiger partial charge in [-0.05, 0) is 49.0 Å². The Morgan fingerprint density at radius 3 is 2.59 bits per heavy atom. The first-order valence-corrected chi connectivity index (χ1v) is 9.82. The lowest BCUT2D eigenvalue weighted by atomic mass is 9.46. The highest BCUT2D eigenvalue weighted by atomic mass is 16.5. The molecule has 152 valence electrons. The Hall–Kier alpha value is -1.46. The summed E-state index contributed by atoms with van der Waals surface area (Å²) in [6.07, 6.45) is 4.12. The van der Waals surface area contributed by atoms with E-state index in [1.54, 1.807) is 6.08 Å². The molecule has 2 rings (SSSR count). The van der Waals surface area contributed by atoms with Crippen LogP contribution in [0.3, 0.4) is 0 Å². The van der Waals surface area contributed by atoms with Crippen molar-refractivity contribution in [3.05, 3.63) is 23.8 Å². The third-order valence-corrected chi connectivity index (χ3v) is 6.82. The minimum atomic E-state index is -0.611. The number of carbonyl (C=O) groups excluding carboxylic acids is 2. The number of Topliss-reactive ketones (excluding diaryl/α,β-unsaturated/α-hetero) is 1. The number of hydrogen-bond acceptors (Lipinski definition) is 5. The van der Waals surface area contributed by atoms with Crippen molar-refractivity contribution in [2.75, 3.05) is 13.2 Å². The van der Waals surface area contributed by atoms with E-state index in [1.807, 2.05) is 13.8 Å². The Labute approximate surface area is 162 Å². The van der Waals surface area contributed by atoms with Crippen LogP contribution in [-0.4, -0.2) is 41.3 Å². The number of aliphatic hydroxyl groups is 2. The van der Waals surface area contributed by atoms with Gasteiger partial charge in [-0.15, -0.1) is 0 Å². The third kappa shape index (κ3) is 4.52. The Kier molecular flexibility index (Phi) is 6.69. The molecule has 2 saturated carbocycles. The van der Waals surface area contributed by atoms with Crippen molar-refractivity contribution in [3.63, 3.8) is 0 Å². The molecule has 5 heteroatoms. The van der Waals surface area contributed by atoms with Crippen LogP contribution >= 0.6 is 0 Å². The summed E-state index contributed by atoms with van der Waals surface area (Å²) < 4.78 is 5.32. The lowest BCUT2D eigenvalue weighted by Crippen LogP contribution is -2.57. The molecule has 2 aliphatic carbocycles. The van der Waals surface area contributed by atoms with Crippen molar-refractivity contribution in [2.24, 2.45) is 22.7 Å². The van der Waals surface area contributed by atoms with Crippen LogP contribution in [0.15, 0.2) is 23.8 Å². The van der Waals surface area contributed by atoms with E-state index in [9.17, 15) is 14.7 Å². The highest BCUT2D eigenvalue weighted by Crippen LogP contribution is 2.61. The minimum Gasteiger partial charge on any atom is -0.465 e. The third-order valence-electron chi connectivity index (χ3n) is 6.82. The Morgan fingerprint density at radius 2 is 2.00 bits per heavy atom. The van der Waals surface area contributed by atoms with E-state index in [2.05, 4.69) is 13.5 Å². The smallest absolute Gasteiger partial charge is 0.302 e.